The van der Waals surface area contributed by atoms with Gasteiger partial charge in [-0.3, -0.25) is 4.68 Å². The van der Waals surface area contributed by atoms with E-state index in [0.29, 0.717) is 37.0 Å². The summed E-state index contributed by atoms with van der Waals surface area (Å²) in [7, 11) is 1.38. The normalized spacial score (nSPS) is 10.6. The van der Waals surface area contributed by atoms with Crippen LogP contribution in [-0.4, -0.2) is 47.7 Å². The molecule has 2 aromatic carbocycles. The van der Waals surface area contributed by atoms with E-state index in [0.717, 1.165) is 46.1 Å². The van der Waals surface area contributed by atoms with Gasteiger partial charge in [-0.1, -0.05) is 24.3 Å². The monoisotopic (exact) mass is 510 g/mol. The van der Waals surface area contributed by atoms with Crippen LogP contribution in [0.3, 0.4) is 0 Å². The number of hydrogen-bond acceptors (Lipinski definition) is 6. The number of anilines is 1. The van der Waals surface area contributed by atoms with Crippen LogP contribution in [0.4, 0.5) is 5.69 Å². The molecule has 8 nitrogen and oxygen atoms in total. The van der Waals surface area contributed by atoms with Crippen molar-refractivity contribution in [1.82, 2.24) is 15.1 Å². The molecule has 0 fully saturated rings. The molecule has 3 aromatic rings. The molecule has 1 heterocycles. The van der Waals surface area contributed by atoms with E-state index < -0.39 is 0 Å². The van der Waals surface area contributed by atoms with Crippen LogP contribution in [0.15, 0.2) is 42.5 Å². The van der Waals surface area contributed by atoms with E-state index in [1.54, 1.807) is 6.07 Å². The molecule has 0 amide bonds. The number of nitrogens with one attached hydrogen (secondary N) is 2. The highest BCUT2D eigenvalue weighted by Gasteiger charge is 2.16. The highest BCUT2D eigenvalue weighted by atomic mass is 32.1. The number of thiocarbonyl (C=S) groups is 1. The number of aryl methyl sites for hydroxylation is 1. The Kier molecular flexibility index (Phi) is 9.69. The smallest absolute Gasteiger partial charge is 0.338 e. The third-order valence-corrected chi connectivity index (χ3v) is 5.92. The van der Waals surface area contributed by atoms with Gasteiger partial charge in [-0.25, -0.2) is 4.79 Å². The number of hydrogen-bond donors (Lipinski definition) is 2. The second kappa shape index (κ2) is 12.9. The van der Waals surface area contributed by atoms with Crippen LogP contribution >= 0.6 is 12.2 Å². The summed E-state index contributed by atoms with van der Waals surface area (Å²) in [4.78, 5) is 12.1. The lowest BCUT2D eigenvalue weighted by Crippen LogP contribution is -2.30. The van der Waals surface area contributed by atoms with Gasteiger partial charge in [-0.2, -0.15) is 5.10 Å². The predicted molar refractivity (Wildman–Crippen MR) is 145 cm³/mol. The number of carbonyl (C=O) groups excluding carboxylic acids is 1. The van der Waals surface area contributed by atoms with Crippen LogP contribution in [0, 0.1) is 13.8 Å². The Balaban J connectivity index is 1.61. The highest BCUT2D eigenvalue weighted by molar-refractivity contribution is 7.80. The fourth-order valence-electron chi connectivity index (χ4n) is 3.89. The number of nitrogens with zero attached hydrogens (tertiary/aromatic N) is 2. The first-order valence-electron chi connectivity index (χ1n) is 12.0. The molecule has 0 radical (unpaired) electrons. The van der Waals surface area contributed by atoms with E-state index >= 15 is 0 Å². The van der Waals surface area contributed by atoms with Crippen LogP contribution < -0.4 is 20.1 Å². The van der Waals surface area contributed by atoms with Gasteiger partial charge < -0.3 is 24.8 Å². The Morgan fingerprint density at radius 1 is 1.06 bits per heavy atom. The van der Waals surface area contributed by atoms with Gasteiger partial charge in [0, 0.05) is 6.54 Å². The van der Waals surface area contributed by atoms with E-state index in [4.69, 9.17) is 26.4 Å². The van der Waals surface area contributed by atoms with Crippen molar-refractivity contribution in [3.63, 3.8) is 0 Å². The van der Waals surface area contributed by atoms with Gasteiger partial charge in [0.05, 0.1) is 49.5 Å². The van der Waals surface area contributed by atoms with E-state index in [-0.39, 0.29) is 5.97 Å². The lowest BCUT2D eigenvalue weighted by Gasteiger charge is -2.14. The van der Waals surface area contributed by atoms with Gasteiger partial charge in [0.1, 0.15) is 0 Å². The standard InChI is InChI=1S/C27H34N4O4S/c1-6-34-23-13-12-20(16-24(23)35-7-2)14-15-28-27(36)29-25-18(3)30-31(19(25)4)17-21-10-8-9-11-22(21)26(32)33-5/h8-13,16H,6-7,14-15,17H2,1-5H3,(H2,28,29,36). The zero-order valence-electron chi connectivity index (χ0n) is 21.5. The fourth-order valence-corrected chi connectivity index (χ4v) is 4.09. The van der Waals surface area contributed by atoms with E-state index in [9.17, 15) is 4.79 Å². The SMILES string of the molecule is CCOc1ccc(CCNC(=S)Nc2c(C)nn(Cc3ccccc3C(=O)OC)c2C)cc1OCC. The lowest BCUT2D eigenvalue weighted by molar-refractivity contribution is 0.0599. The highest BCUT2D eigenvalue weighted by Crippen LogP contribution is 2.28. The quantitative estimate of drug-likeness (QED) is 0.285. The van der Waals surface area contributed by atoms with Crippen molar-refractivity contribution in [1.29, 1.82) is 0 Å². The number of benzene rings is 2. The Morgan fingerprint density at radius 3 is 2.50 bits per heavy atom. The molecule has 0 bridgehead atoms. The molecule has 0 unspecified atom stereocenters. The second-order valence-corrected chi connectivity index (χ2v) is 8.54. The summed E-state index contributed by atoms with van der Waals surface area (Å²) in [6.07, 6.45) is 0.774. The van der Waals surface area contributed by atoms with Crippen molar-refractivity contribution in [3.05, 3.63) is 70.5 Å². The van der Waals surface area contributed by atoms with Crippen LogP contribution in [0.2, 0.25) is 0 Å². The summed E-state index contributed by atoms with van der Waals surface area (Å²) < 4.78 is 18.1. The first-order chi connectivity index (χ1) is 17.4. The number of esters is 1. The molecule has 0 atom stereocenters. The maximum Gasteiger partial charge on any atom is 0.338 e. The van der Waals surface area contributed by atoms with Crippen LogP contribution in [0.25, 0.3) is 0 Å². The minimum Gasteiger partial charge on any atom is -0.490 e. The van der Waals surface area contributed by atoms with Crippen molar-refractivity contribution in [2.75, 3.05) is 32.2 Å². The third kappa shape index (κ3) is 6.75. The van der Waals surface area contributed by atoms with E-state index in [2.05, 4.69) is 15.7 Å². The molecule has 2 N–H and O–H groups in total. The van der Waals surface area contributed by atoms with Gasteiger partial charge in [0.25, 0.3) is 0 Å². The molecule has 0 aliphatic rings. The predicted octanol–water partition coefficient (Wildman–Crippen LogP) is 4.66. The van der Waals surface area contributed by atoms with Crippen molar-refractivity contribution < 1.29 is 19.0 Å². The molecule has 0 spiro atoms. The van der Waals surface area contributed by atoms with Gasteiger partial charge in [0.15, 0.2) is 16.6 Å². The third-order valence-electron chi connectivity index (χ3n) is 5.67. The number of aromatic nitrogens is 2. The molecule has 0 aliphatic heterocycles. The zero-order chi connectivity index (χ0) is 26.1. The average molecular weight is 511 g/mol. The summed E-state index contributed by atoms with van der Waals surface area (Å²) >= 11 is 5.54. The minimum absolute atomic E-state index is 0.364. The van der Waals surface area contributed by atoms with Crippen molar-refractivity contribution in [3.8, 4) is 11.5 Å². The Labute approximate surface area is 217 Å². The summed E-state index contributed by atoms with van der Waals surface area (Å²) in [6.45, 7) is 10.1. The van der Waals surface area contributed by atoms with Gasteiger partial charge in [-0.15, -0.1) is 0 Å². The number of methoxy groups -OCH3 is 1. The van der Waals surface area contributed by atoms with Crippen molar-refractivity contribution in [2.45, 2.75) is 40.7 Å². The summed E-state index contributed by atoms with van der Waals surface area (Å²) in [5, 5.41) is 11.7. The summed E-state index contributed by atoms with van der Waals surface area (Å²) in [5.41, 5.74) is 5.08. The summed E-state index contributed by atoms with van der Waals surface area (Å²) in [6, 6.07) is 13.4. The van der Waals surface area contributed by atoms with Crippen LogP contribution in [0.1, 0.15) is 46.7 Å². The number of rotatable bonds is 11. The van der Waals surface area contributed by atoms with E-state index in [1.807, 2.05) is 68.8 Å². The maximum absolute atomic E-state index is 12.1. The topological polar surface area (TPSA) is 86.6 Å². The Morgan fingerprint density at radius 2 is 1.78 bits per heavy atom. The van der Waals surface area contributed by atoms with Gasteiger partial charge in [-0.05, 0) is 75.7 Å². The largest absolute Gasteiger partial charge is 0.490 e. The number of carbonyl (C=O) groups is 1. The van der Waals surface area contributed by atoms with Crippen molar-refractivity contribution >= 4 is 29.0 Å². The average Bonchev–Trinajstić information content (AvgIpc) is 3.13. The number of ether oxygens (including phenoxy) is 3. The first-order valence-corrected chi connectivity index (χ1v) is 12.4. The molecule has 36 heavy (non-hydrogen) atoms. The maximum atomic E-state index is 12.1. The Bertz CT molecular complexity index is 1210. The molecule has 192 valence electrons. The summed E-state index contributed by atoms with van der Waals surface area (Å²) in [5.74, 6) is 1.15. The molecular formula is C27H34N4O4S. The van der Waals surface area contributed by atoms with Gasteiger partial charge >= 0.3 is 5.97 Å². The van der Waals surface area contributed by atoms with Gasteiger partial charge in [0.2, 0.25) is 0 Å². The molecule has 3 rings (SSSR count). The van der Waals surface area contributed by atoms with Crippen LogP contribution in [-0.2, 0) is 17.7 Å². The molecule has 0 saturated carbocycles. The van der Waals surface area contributed by atoms with Crippen LogP contribution in [0.5, 0.6) is 11.5 Å². The minimum atomic E-state index is -0.364. The molecule has 0 saturated heterocycles. The fraction of sp³-hybridized carbons (Fsp3) is 0.370. The lowest BCUT2D eigenvalue weighted by atomic mass is 10.1. The molecule has 9 heteroatoms. The van der Waals surface area contributed by atoms with Crippen molar-refractivity contribution in [2.24, 2.45) is 0 Å². The zero-order valence-corrected chi connectivity index (χ0v) is 22.3. The van der Waals surface area contributed by atoms with E-state index in [1.165, 1.54) is 7.11 Å². The first kappa shape index (κ1) is 27.0. The molecule has 0 aliphatic carbocycles. The Hall–Kier alpha value is -3.59. The second-order valence-electron chi connectivity index (χ2n) is 8.13. The molecule has 1 aromatic heterocycles. The molecular weight excluding hydrogens is 476 g/mol.